The van der Waals surface area contributed by atoms with Gasteiger partial charge in [0.15, 0.2) is 28.4 Å². The lowest BCUT2D eigenvalue weighted by molar-refractivity contribution is 0.382. The normalized spacial score (nSPS) is 10.5. The van der Waals surface area contributed by atoms with Crippen LogP contribution in [-0.4, -0.2) is 5.11 Å². The summed E-state index contributed by atoms with van der Waals surface area (Å²) < 4.78 is 65.9. The fraction of sp³-hybridized carbons (Fsp3) is 0. The summed E-state index contributed by atoms with van der Waals surface area (Å²) >= 11 is 10.4. The zero-order valence-corrected chi connectivity index (χ0v) is 12.1. The molecule has 2 rings (SSSR count). The summed E-state index contributed by atoms with van der Waals surface area (Å²) in [6.45, 7) is 0. The van der Waals surface area contributed by atoms with Gasteiger partial charge in [0, 0.05) is 10.7 Å². The van der Waals surface area contributed by atoms with Crippen LogP contribution in [0.4, 0.5) is 33.3 Å². The second-order valence-electron chi connectivity index (χ2n) is 4.03. The molecule has 0 unspecified atom stereocenters. The fourth-order valence-electron chi connectivity index (χ4n) is 1.52. The lowest BCUT2D eigenvalue weighted by Gasteiger charge is -2.13. The zero-order chi connectivity index (χ0) is 16.4. The van der Waals surface area contributed by atoms with E-state index in [1.807, 2.05) is 5.32 Å². The van der Waals surface area contributed by atoms with Gasteiger partial charge in [-0.15, -0.1) is 0 Å². The first-order chi connectivity index (χ1) is 10.3. The van der Waals surface area contributed by atoms with E-state index in [9.17, 15) is 22.0 Å². The Hall–Kier alpha value is -1.93. The smallest absolute Gasteiger partial charge is 0.200 e. The van der Waals surface area contributed by atoms with E-state index in [1.54, 1.807) is 0 Å². The maximum absolute atomic E-state index is 13.5. The van der Waals surface area contributed by atoms with Crippen LogP contribution in [0.15, 0.2) is 24.3 Å². The predicted octanol–water partition coefficient (Wildman–Crippen LogP) is 4.84. The quantitative estimate of drug-likeness (QED) is 0.350. The first-order valence-electron chi connectivity index (χ1n) is 5.66. The summed E-state index contributed by atoms with van der Waals surface area (Å²) in [7, 11) is 0. The monoisotopic (exact) mass is 352 g/mol. The number of benzene rings is 2. The Morgan fingerprint density at radius 1 is 0.773 bits per heavy atom. The molecule has 0 heterocycles. The van der Waals surface area contributed by atoms with Crippen molar-refractivity contribution in [3.63, 3.8) is 0 Å². The van der Waals surface area contributed by atoms with Gasteiger partial charge in [0.25, 0.3) is 0 Å². The molecule has 0 aliphatic heterocycles. The molecule has 2 nitrogen and oxygen atoms in total. The Balaban J connectivity index is 2.24. The highest BCUT2D eigenvalue weighted by Crippen LogP contribution is 2.27. The lowest BCUT2D eigenvalue weighted by Crippen LogP contribution is -2.22. The number of rotatable bonds is 2. The van der Waals surface area contributed by atoms with Gasteiger partial charge < -0.3 is 10.6 Å². The second-order valence-corrected chi connectivity index (χ2v) is 4.88. The topological polar surface area (TPSA) is 24.1 Å². The van der Waals surface area contributed by atoms with Crippen LogP contribution in [0.3, 0.4) is 0 Å². The minimum atomic E-state index is -2.24. The first kappa shape index (κ1) is 16.4. The molecule has 0 atom stereocenters. The van der Waals surface area contributed by atoms with Gasteiger partial charge in [-0.1, -0.05) is 11.6 Å². The summed E-state index contributed by atoms with van der Waals surface area (Å²) in [5, 5.41) is 4.55. The molecular formula is C13H6ClF5N2S. The fourth-order valence-corrected chi connectivity index (χ4v) is 1.87. The van der Waals surface area contributed by atoms with Gasteiger partial charge in [0.1, 0.15) is 5.69 Å². The Morgan fingerprint density at radius 2 is 1.23 bits per heavy atom. The zero-order valence-electron chi connectivity index (χ0n) is 10.5. The number of hydrogen-bond acceptors (Lipinski definition) is 1. The number of nitrogens with one attached hydrogen (secondary N) is 2. The molecule has 0 radical (unpaired) electrons. The molecule has 0 saturated heterocycles. The largest absolute Gasteiger partial charge is 0.332 e. The van der Waals surface area contributed by atoms with Crippen molar-refractivity contribution in [2.75, 3.05) is 10.6 Å². The van der Waals surface area contributed by atoms with Gasteiger partial charge in [-0.05, 0) is 36.5 Å². The van der Waals surface area contributed by atoms with E-state index in [-0.39, 0.29) is 5.11 Å². The van der Waals surface area contributed by atoms with Gasteiger partial charge in [0.2, 0.25) is 5.82 Å². The maximum Gasteiger partial charge on any atom is 0.200 e. The predicted molar refractivity (Wildman–Crippen MR) is 77.5 cm³/mol. The van der Waals surface area contributed by atoms with Gasteiger partial charge in [-0.3, -0.25) is 0 Å². The first-order valence-corrected chi connectivity index (χ1v) is 6.45. The molecule has 2 aromatic carbocycles. The highest BCUT2D eigenvalue weighted by atomic mass is 35.5. The average Bonchev–Trinajstić information content (AvgIpc) is 2.50. The third-order valence-electron chi connectivity index (χ3n) is 2.55. The van der Waals surface area contributed by atoms with E-state index in [0.29, 0.717) is 10.7 Å². The van der Waals surface area contributed by atoms with Crippen LogP contribution in [0.2, 0.25) is 5.02 Å². The Kier molecular flexibility index (Phi) is 4.82. The third kappa shape index (κ3) is 3.28. The van der Waals surface area contributed by atoms with E-state index in [1.165, 1.54) is 24.3 Å². The molecule has 116 valence electrons. The Labute approximate surface area is 131 Å². The van der Waals surface area contributed by atoms with Gasteiger partial charge >= 0.3 is 0 Å². The summed E-state index contributed by atoms with van der Waals surface area (Å²) in [4.78, 5) is 0. The Morgan fingerprint density at radius 3 is 1.73 bits per heavy atom. The summed E-state index contributed by atoms with van der Waals surface area (Å²) in [6, 6.07) is 6.06. The molecule has 0 amide bonds. The molecule has 0 saturated carbocycles. The summed E-state index contributed by atoms with van der Waals surface area (Å²) in [6.07, 6.45) is 0. The van der Waals surface area contributed by atoms with Crippen LogP contribution < -0.4 is 10.6 Å². The van der Waals surface area contributed by atoms with Crippen molar-refractivity contribution >= 4 is 40.3 Å². The number of hydrogen-bond donors (Lipinski definition) is 2. The van der Waals surface area contributed by atoms with Crippen molar-refractivity contribution < 1.29 is 22.0 Å². The molecule has 0 fully saturated rings. The summed E-state index contributed by atoms with van der Waals surface area (Å²) in [5.74, 6) is -10.4. The van der Waals surface area contributed by atoms with E-state index < -0.39 is 34.8 Å². The Bertz CT molecular complexity index is 707. The number of anilines is 2. The highest BCUT2D eigenvalue weighted by Gasteiger charge is 2.26. The molecule has 2 aromatic rings. The molecule has 0 aliphatic rings. The van der Waals surface area contributed by atoms with Crippen molar-refractivity contribution in [1.29, 1.82) is 0 Å². The van der Waals surface area contributed by atoms with E-state index >= 15 is 0 Å². The molecule has 0 aromatic heterocycles. The maximum atomic E-state index is 13.5. The highest BCUT2D eigenvalue weighted by molar-refractivity contribution is 7.80. The standard InChI is InChI=1S/C13H6ClF5N2S/c14-5-1-3-6(4-2-5)20-13(22)21-12-10(18)8(16)7(15)9(17)11(12)19/h1-4H,(H2,20,21,22). The van der Waals surface area contributed by atoms with Crippen molar-refractivity contribution in [3.8, 4) is 0 Å². The second kappa shape index (κ2) is 6.45. The molecule has 0 spiro atoms. The minimum absolute atomic E-state index is 0.356. The van der Waals surface area contributed by atoms with Crippen LogP contribution in [-0.2, 0) is 0 Å². The molecule has 2 N–H and O–H groups in total. The van der Waals surface area contributed by atoms with Crippen LogP contribution in [0.25, 0.3) is 0 Å². The van der Waals surface area contributed by atoms with Gasteiger partial charge in [-0.2, -0.15) is 0 Å². The number of halogens is 6. The molecule has 0 aliphatic carbocycles. The molecule has 0 bridgehead atoms. The van der Waals surface area contributed by atoms with Crippen LogP contribution in [0.5, 0.6) is 0 Å². The van der Waals surface area contributed by atoms with Crippen molar-refractivity contribution in [3.05, 3.63) is 58.4 Å². The lowest BCUT2D eigenvalue weighted by atomic mass is 10.2. The van der Waals surface area contributed by atoms with Crippen LogP contribution in [0.1, 0.15) is 0 Å². The van der Waals surface area contributed by atoms with Gasteiger partial charge in [0.05, 0.1) is 0 Å². The van der Waals surface area contributed by atoms with E-state index in [2.05, 4.69) is 5.32 Å². The van der Waals surface area contributed by atoms with E-state index in [0.717, 1.165) is 0 Å². The number of thiocarbonyl (C=S) groups is 1. The SMILES string of the molecule is Fc1c(F)c(F)c(NC(=S)Nc2ccc(Cl)cc2)c(F)c1F. The van der Waals surface area contributed by atoms with Crippen LogP contribution in [0, 0.1) is 29.1 Å². The third-order valence-corrected chi connectivity index (χ3v) is 3.01. The van der Waals surface area contributed by atoms with Crippen molar-refractivity contribution in [2.45, 2.75) is 0 Å². The summed E-state index contributed by atoms with van der Waals surface area (Å²) in [5.41, 5.74) is -0.825. The van der Waals surface area contributed by atoms with Crippen molar-refractivity contribution in [1.82, 2.24) is 0 Å². The van der Waals surface area contributed by atoms with Gasteiger partial charge in [-0.25, -0.2) is 22.0 Å². The minimum Gasteiger partial charge on any atom is -0.332 e. The van der Waals surface area contributed by atoms with Crippen LogP contribution >= 0.6 is 23.8 Å². The molecule has 22 heavy (non-hydrogen) atoms. The van der Waals surface area contributed by atoms with Crippen molar-refractivity contribution in [2.24, 2.45) is 0 Å². The molecule has 9 heteroatoms. The molecular weight excluding hydrogens is 347 g/mol. The average molecular weight is 353 g/mol. The van der Waals surface area contributed by atoms with E-state index in [4.69, 9.17) is 23.8 Å².